The molecule has 4 rings (SSSR count). The van der Waals surface area contributed by atoms with E-state index in [1.54, 1.807) is 12.1 Å². The first-order chi connectivity index (χ1) is 15.3. The Hall–Kier alpha value is -2.87. The Bertz CT molecular complexity index is 1290. The van der Waals surface area contributed by atoms with Gasteiger partial charge in [0, 0.05) is 13.1 Å². The van der Waals surface area contributed by atoms with E-state index in [0.717, 1.165) is 16.7 Å². The molecular weight excluding hydrogens is 448 g/mol. The highest BCUT2D eigenvalue weighted by molar-refractivity contribution is 7.89. The number of aryl methyl sites for hydroxylation is 1. The van der Waals surface area contributed by atoms with E-state index < -0.39 is 15.9 Å². The van der Waals surface area contributed by atoms with E-state index in [1.807, 2.05) is 37.3 Å². The summed E-state index contributed by atoms with van der Waals surface area (Å²) < 4.78 is 33.4. The van der Waals surface area contributed by atoms with Gasteiger partial charge in [0.25, 0.3) is 5.91 Å². The van der Waals surface area contributed by atoms with Gasteiger partial charge >= 0.3 is 0 Å². The number of hydrogen-bond donors (Lipinski definition) is 1. The number of rotatable bonds is 5. The summed E-state index contributed by atoms with van der Waals surface area (Å²) in [5, 5.41) is 2.94. The van der Waals surface area contributed by atoms with Crippen LogP contribution in [0.25, 0.3) is 0 Å². The van der Waals surface area contributed by atoms with Gasteiger partial charge in [-0.1, -0.05) is 41.9 Å². The zero-order valence-corrected chi connectivity index (χ0v) is 19.3. The third-order valence-electron chi connectivity index (χ3n) is 5.52. The fraction of sp³-hybridized carbons (Fsp3) is 0.208. The molecule has 0 unspecified atom stereocenters. The molecule has 3 aromatic carbocycles. The fourth-order valence-electron chi connectivity index (χ4n) is 3.77. The number of nitrogens with zero attached hydrogens (tertiary/aromatic N) is 1. The number of amides is 1. The first-order valence-electron chi connectivity index (χ1n) is 10.1. The Balaban J connectivity index is 1.63. The molecule has 0 aromatic heterocycles. The molecule has 1 amide bonds. The molecule has 0 bridgehead atoms. The maximum atomic E-state index is 13.3. The largest absolute Gasteiger partial charge is 0.495 e. The molecule has 1 N–H and O–H groups in total. The van der Waals surface area contributed by atoms with Crippen LogP contribution in [0.3, 0.4) is 0 Å². The molecule has 3 aromatic rings. The number of ether oxygens (including phenoxy) is 1. The zero-order valence-electron chi connectivity index (χ0n) is 17.8. The summed E-state index contributed by atoms with van der Waals surface area (Å²) in [6.07, 6.45) is 0.642. The molecule has 1 heterocycles. The molecule has 6 nitrogen and oxygen atoms in total. The number of anilines is 1. The summed E-state index contributed by atoms with van der Waals surface area (Å²) in [5.74, 6) is -0.0178. The van der Waals surface area contributed by atoms with Gasteiger partial charge in [0.05, 0.1) is 28.3 Å². The van der Waals surface area contributed by atoms with Gasteiger partial charge in [-0.3, -0.25) is 4.79 Å². The van der Waals surface area contributed by atoms with Gasteiger partial charge in [0.2, 0.25) is 10.0 Å². The standard InChI is InChI=1S/C24H23ClN2O4S/c1-16-7-10-23(31-2)22(13-16)26-24(28)20-14-19(8-9-21(20)25)32(29,30)27-12-11-17-5-3-4-6-18(17)15-27/h3-10,13-14H,11-12,15H2,1-2H3,(H,26,28). The van der Waals surface area contributed by atoms with Crippen LogP contribution in [-0.2, 0) is 23.0 Å². The van der Waals surface area contributed by atoms with Crippen molar-refractivity contribution in [3.05, 3.63) is 87.9 Å². The van der Waals surface area contributed by atoms with Crippen LogP contribution >= 0.6 is 11.6 Å². The van der Waals surface area contributed by atoms with Crippen LogP contribution in [0.15, 0.2) is 65.6 Å². The number of nitrogens with one attached hydrogen (secondary N) is 1. The van der Waals surface area contributed by atoms with Gasteiger partial charge < -0.3 is 10.1 Å². The number of hydrogen-bond acceptors (Lipinski definition) is 4. The lowest BCUT2D eigenvalue weighted by Crippen LogP contribution is -2.36. The van der Waals surface area contributed by atoms with Crippen molar-refractivity contribution in [2.45, 2.75) is 24.8 Å². The lowest BCUT2D eigenvalue weighted by Gasteiger charge is -2.28. The minimum Gasteiger partial charge on any atom is -0.495 e. The predicted octanol–water partition coefficient (Wildman–Crippen LogP) is 4.66. The van der Waals surface area contributed by atoms with Crippen molar-refractivity contribution in [1.29, 1.82) is 0 Å². The lowest BCUT2D eigenvalue weighted by molar-refractivity contribution is 0.102. The second-order valence-corrected chi connectivity index (χ2v) is 10.0. The minimum atomic E-state index is -3.80. The third kappa shape index (κ3) is 4.37. The molecular formula is C24H23ClN2O4S. The molecule has 0 radical (unpaired) electrons. The number of methoxy groups -OCH3 is 1. The highest BCUT2D eigenvalue weighted by atomic mass is 35.5. The van der Waals surface area contributed by atoms with Crippen LogP contribution in [0.1, 0.15) is 27.0 Å². The molecule has 32 heavy (non-hydrogen) atoms. The van der Waals surface area contributed by atoms with E-state index in [0.29, 0.717) is 30.9 Å². The highest BCUT2D eigenvalue weighted by Gasteiger charge is 2.29. The number of carbonyl (C=O) groups excluding carboxylic acids is 1. The number of sulfonamides is 1. The maximum Gasteiger partial charge on any atom is 0.257 e. The van der Waals surface area contributed by atoms with Crippen LogP contribution in [0, 0.1) is 6.92 Å². The number of halogens is 1. The summed E-state index contributed by atoms with van der Waals surface area (Å²) >= 11 is 6.26. The summed E-state index contributed by atoms with van der Waals surface area (Å²) in [6, 6.07) is 17.4. The molecule has 0 aliphatic carbocycles. The lowest BCUT2D eigenvalue weighted by atomic mass is 10.0. The van der Waals surface area contributed by atoms with Gasteiger partial charge in [-0.25, -0.2) is 8.42 Å². The van der Waals surface area contributed by atoms with Crippen molar-refractivity contribution in [3.63, 3.8) is 0 Å². The topological polar surface area (TPSA) is 75.7 Å². The predicted molar refractivity (Wildman–Crippen MR) is 125 cm³/mol. The molecule has 1 aliphatic rings. The van der Waals surface area contributed by atoms with Crippen molar-refractivity contribution in [3.8, 4) is 5.75 Å². The molecule has 8 heteroatoms. The number of fused-ring (bicyclic) bond motifs is 1. The van der Waals surface area contributed by atoms with E-state index in [4.69, 9.17) is 16.3 Å². The van der Waals surface area contributed by atoms with Gasteiger partial charge in [-0.05, 0) is 60.4 Å². The monoisotopic (exact) mass is 470 g/mol. The third-order valence-corrected chi connectivity index (χ3v) is 7.69. The Labute approximate surface area is 192 Å². The normalized spacial score (nSPS) is 14.0. The number of carbonyl (C=O) groups is 1. The van der Waals surface area contributed by atoms with E-state index in [2.05, 4.69) is 5.32 Å². The highest BCUT2D eigenvalue weighted by Crippen LogP contribution is 2.30. The molecule has 0 spiro atoms. The number of benzene rings is 3. The Morgan fingerprint density at radius 3 is 2.56 bits per heavy atom. The zero-order chi connectivity index (χ0) is 22.9. The van der Waals surface area contributed by atoms with Crippen molar-refractivity contribution in [1.82, 2.24) is 4.31 Å². The van der Waals surface area contributed by atoms with Crippen molar-refractivity contribution < 1.29 is 17.9 Å². The summed E-state index contributed by atoms with van der Waals surface area (Å²) in [4.78, 5) is 13.0. The Morgan fingerprint density at radius 1 is 1.06 bits per heavy atom. The average Bonchev–Trinajstić information content (AvgIpc) is 2.79. The Morgan fingerprint density at radius 2 is 1.81 bits per heavy atom. The van der Waals surface area contributed by atoms with E-state index in [-0.39, 0.29) is 15.5 Å². The van der Waals surface area contributed by atoms with E-state index >= 15 is 0 Å². The van der Waals surface area contributed by atoms with Crippen molar-refractivity contribution in [2.75, 3.05) is 19.0 Å². The van der Waals surface area contributed by atoms with Crippen LogP contribution < -0.4 is 10.1 Å². The van der Waals surface area contributed by atoms with Gasteiger partial charge in [-0.2, -0.15) is 4.31 Å². The van der Waals surface area contributed by atoms with Crippen molar-refractivity contribution in [2.24, 2.45) is 0 Å². The van der Waals surface area contributed by atoms with Crippen LogP contribution in [-0.4, -0.2) is 32.3 Å². The summed E-state index contributed by atoms with van der Waals surface area (Å²) in [7, 11) is -2.29. The quantitative estimate of drug-likeness (QED) is 0.588. The second-order valence-electron chi connectivity index (χ2n) is 7.66. The average molecular weight is 471 g/mol. The van der Waals surface area contributed by atoms with E-state index in [1.165, 1.54) is 29.6 Å². The molecule has 0 atom stereocenters. The van der Waals surface area contributed by atoms with Crippen molar-refractivity contribution >= 4 is 33.2 Å². The van der Waals surface area contributed by atoms with Crippen LogP contribution in [0.4, 0.5) is 5.69 Å². The minimum absolute atomic E-state index is 0.0302. The maximum absolute atomic E-state index is 13.3. The SMILES string of the molecule is COc1ccc(C)cc1NC(=O)c1cc(S(=O)(=O)N2CCc3ccccc3C2)ccc1Cl. The first-order valence-corrected chi connectivity index (χ1v) is 11.9. The van der Waals surface area contributed by atoms with Gasteiger partial charge in [0.1, 0.15) is 5.75 Å². The molecule has 166 valence electrons. The second kappa shape index (κ2) is 8.94. The molecule has 0 fully saturated rings. The smallest absolute Gasteiger partial charge is 0.257 e. The van der Waals surface area contributed by atoms with Gasteiger partial charge in [0.15, 0.2) is 0 Å². The molecule has 1 aliphatic heterocycles. The summed E-state index contributed by atoms with van der Waals surface area (Å²) in [6.45, 7) is 2.57. The summed E-state index contributed by atoms with van der Waals surface area (Å²) in [5.41, 5.74) is 3.64. The fourth-order valence-corrected chi connectivity index (χ4v) is 5.42. The molecule has 0 saturated carbocycles. The molecule has 0 saturated heterocycles. The van der Waals surface area contributed by atoms with E-state index in [9.17, 15) is 13.2 Å². The van der Waals surface area contributed by atoms with Gasteiger partial charge in [-0.15, -0.1) is 0 Å². The van der Waals surface area contributed by atoms with Crippen LogP contribution in [0.5, 0.6) is 5.75 Å². The van der Waals surface area contributed by atoms with Crippen LogP contribution in [0.2, 0.25) is 5.02 Å². The Kier molecular flexibility index (Phi) is 6.24. The first kappa shape index (κ1) is 22.3.